The van der Waals surface area contributed by atoms with E-state index in [1.54, 1.807) is 25.1 Å². The third-order valence-electron chi connectivity index (χ3n) is 2.97. The van der Waals surface area contributed by atoms with Crippen LogP contribution in [0.2, 0.25) is 0 Å². The average Bonchev–Trinajstić information content (AvgIpc) is 2.50. The number of rotatable bonds is 4. The first-order valence-corrected chi connectivity index (χ1v) is 8.18. The molecule has 0 saturated carbocycles. The normalized spacial score (nSPS) is 11.0. The van der Waals surface area contributed by atoms with Gasteiger partial charge in [0.2, 0.25) is 9.84 Å². The van der Waals surface area contributed by atoms with Crippen molar-refractivity contribution in [3.05, 3.63) is 48.5 Å². The molecule has 2 amide bonds. The molecule has 0 atom stereocenters. The summed E-state index contributed by atoms with van der Waals surface area (Å²) in [7, 11) is -3.65. The fourth-order valence-corrected chi connectivity index (χ4v) is 3.18. The first-order chi connectivity index (χ1) is 10.4. The number of nitrogens with one attached hydrogen (secondary N) is 2. The summed E-state index contributed by atoms with van der Waals surface area (Å²) in [4.78, 5) is 11.8. The van der Waals surface area contributed by atoms with Crippen molar-refractivity contribution >= 4 is 27.2 Å². The SMILES string of the molecule is CCNC(=O)Nc1cc(S(=O)(=O)c2ccccc2)ccc1N. The van der Waals surface area contributed by atoms with Crippen molar-refractivity contribution in [1.29, 1.82) is 0 Å². The summed E-state index contributed by atoms with van der Waals surface area (Å²) in [6, 6.07) is 11.9. The van der Waals surface area contributed by atoms with Crippen molar-refractivity contribution in [2.24, 2.45) is 0 Å². The molecule has 2 aromatic carbocycles. The van der Waals surface area contributed by atoms with Gasteiger partial charge < -0.3 is 16.4 Å². The van der Waals surface area contributed by atoms with Crippen molar-refractivity contribution in [3.63, 3.8) is 0 Å². The topological polar surface area (TPSA) is 101 Å². The Morgan fingerprint density at radius 1 is 1.09 bits per heavy atom. The first-order valence-electron chi connectivity index (χ1n) is 6.69. The maximum absolute atomic E-state index is 12.5. The second-order valence-corrected chi connectivity index (χ2v) is 6.50. The first kappa shape index (κ1) is 15.8. The van der Waals surface area contributed by atoms with Gasteiger partial charge in [-0.1, -0.05) is 18.2 Å². The van der Waals surface area contributed by atoms with Crippen LogP contribution in [0.5, 0.6) is 0 Å². The van der Waals surface area contributed by atoms with E-state index >= 15 is 0 Å². The van der Waals surface area contributed by atoms with Gasteiger partial charge in [0.05, 0.1) is 21.2 Å². The molecule has 0 fully saturated rings. The van der Waals surface area contributed by atoms with Gasteiger partial charge in [0.25, 0.3) is 0 Å². The van der Waals surface area contributed by atoms with E-state index in [-0.39, 0.29) is 15.5 Å². The molecule has 0 heterocycles. The van der Waals surface area contributed by atoms with Crippen LogP contribution in [0, 0.1) is 0 Å². The van der Waals surface area contributed by atoms with E-state index in [9.17, 15) is 13.2 Å². The van der Waals surface area contributed by atoms with Gasteiger partial charge in [-0.25, -0.2) is 13.2 Å². The standard InChI is InChI=1S/C15H17N3O3S/c1-2-17-15(19)18-14-10-12(8-9-13(14)16)22(20,21)11-6-4-3-5-7-11/h3-10H,2,16H2,1H3,(H2,17,18,19). The smallest absolute Gasteiger partial charge is 0.319 e. The van der Waals surface area contributed by atoms with Crippen LogP contribution in [-0.4, -0.2) is 21.0 Å². The van der Waals surface area contributed by atoms with Crippen LogP contribution < -0.4 is 16.4 Å². The predicted molar refractivity (Wildman–Crippen MR) is 85.4 cm³/mol. The minimum atomic E-state index is -3.65. The zero-order chi connectivity index (χ0) is 16.2. The highest BCUT2D eigenvalue weighted by molar-refractivity contribution is 7.91. The van der Waals surface area contributed by atoms with Gasteiger partial charge in [-0.2, -0.15) is 0 Å². The second-order valence-electron chi connectivity index (χ2n) is 4.55. The number of amides is 2. The molecule has 116 valence electrons. The molecule has 0 saturated heterocycles. The lowest BCUT2D eigenvalue weighted by atomic mass is 10.3. The van der Waals surface area contributed by atoms with E-state index in [2.05, 4.69) is 10.6 Å². The lowest BCUT2D eigenvalue weighted by Crippen LogP contribution is -2.28. The molecular weight excluding hydrogens is 302 g/mol. The predicted octanol–water partition coefficient (Wildman–Crippen LogP) is 2.24. The second kappa shape index (κ2) is 6.48. The van der Waals surface area contributed by atoms with Gasteiger partial charge in [-0.05, 0) is 37.3 Å². The summed E-state index contributed by atoms with van der Waals surface area (Å²) in [6.45, 7) is 2.23. The molecule has 0 aliphatic carbocycles. The molecule has 0 unspecified atom stereocenters. The van der Waals surface area contributed by atoms with Crippen LogP contribution >= 0.6 is 0 Å². The number of benzene rings is 2. The lowest BCUT2D eigenvalue weighted by Gasteiger charge is -2.11. The third-order valence-corrected chi connectivity index (χ3v) is 4.74. The highest BCUT2D eigenvalue weighted by atomic mass is 32.2. The zero-order valence-corrected chi connectivity index (χ0v) is 12.9. The Labute approximate surface area is 129 Å². The molecular formula is C15H17N3O3S. The van der Waals surface area contributed by atoms with Gasteiger partial charge >= 0.3 is 6.03 Å². The maximum atomic E-state index is 12.5. The zero-order valence-electron chi connectivity index (χ0n) is 12.0. The van der Waals surface area contributed by atoms with Crippen LogP contribution in [0.3, 0.4) is 0 Å². The number of nitrogens with two attached hydrogens (primary N) is 1. The highest BCUT2D eigenvalue weighted by Crippen LogP contribution is 2.27. The van der Waals surface area contributed by atoms with Crippen LogP contribution in [-0.2, 0) is 9.84 Å². The lowest BCUT2D eigenvalue weighted by molar-refractivity contribution is 0.252. The van der Waals surface area contributed by atoms with Gasteiger partial charge in [-0.15, -0.1) is 0 Å². The van der Waals surface area contributed by atoms with Crippen LogP contribution in [0.15, 0.2) is 58.3 Å². The number of carbonyl (C=O) groups excluding carboxylic acids is 1. The number of urea groups is 1. The van der Waals surface area contributed by atoms with E-state index < -0.39 is 15.9 Å². The summed E-state index contributed by atoms with van der Waals surface area (Å²) in [6.07, 6.45) is 0. The largest absolute Gasteiger partial charge is 0.397 e. The molecule has 0 spiro atoms. The molecule has 0 radical (unpaired) electrons. The Hall–Kier alpha value is -2.54. The van der Waals surface area contributed by atoms with E-state index in [1.165, 1.54) is 30.3 Å². The Bertz CT molecular complexity index is 774. The molecule has 2 aromatic rings. The fraction of sp³-hybridized carbons (Fsp3) is 0.133. The van der Waals surface area contributed by atoms with Gasteiger partial charge in [0.15, 0.2) is 0 Å². The molecule has 2 rings (SSSR count). The van der Waals surface area contributed by atoms with Crippen LogP contribution in [0.4, 0.5) is 16.2 Å². The third kappa shape index (κ3) is 3.37. The number of nitrogen functional groups attached to an aromatic ring is 1. The number of anilines is 2. The summed E-state index contributed by atoms with van der Waals surface area (Å²) in [5.74, 6) is 0. The fourth-order valence-electron chi connectivity index (χ4n) is 1.87. The van der Waals surface area contributed by atoms with E-state index in [4.69, 9.17) is 5.73 Å². The van der Waals surface area contributed by atoms with E-state index in [1.807, 2.05) is 0 Å². The van der Waals surface area contributed by atoms with E-state index in [0.717, 1.165) is 0 Å². The summed E-state index contributed by atoms with van der Waals surface area (Å²) < 4.78 is 25.1. The van der Waals surface area contributed by atoms with Gasteiger partial charge in [-0.3, -0.25) is 0 Å². The Morgan fingerprint density at radius 3 is 2.41 bits per heavy atom. The van der Waals surface area contributed by atoms with Crippen molar-refractivity contribution in [2.75, 3.05) is 17.6 Å². The quantitative estimate of drug-likeness (QED) is 0.752. The average molecular weight is 319 g/mol. The van der Waals surface area contributed by atoms with Crippen molar-refractivity contribution in [3.8, 4) is 0 Å². The van der Waals surface area contributed by atoms with Crippen LogP contribution in [0.1, 0.15) is 6.92 Å². The highest BCUT2D eigenvalue weighted by Gasteiger charge is 2.18. The summed E-state index contributed by atoms with van der Waals surface area (Å²) >= 11 is 0. The molecule has 0 aliphatic heterocycles. The monoisotopic (exact) mass is 319 g/mol. The Balaban J connectivity index is 2.39. The maximum Gasteiger partial charge on any atom is 0.319 e. The number of carbonyl (C=O) groups is 1. The molecule has 0 aromatic heterocycles. The number of sulfone groups is 1. The molecule has 7 heteroatoms. The van der Waals surface area contributed by atoms with Crippen LogP contribution in [0.25, 0.3) is 0 Å². The van der Waals surface area contributed by atoms with Crippen molar-refractivity contribution < 1.29 is 13.2 Å². The number of hydrogen-bond donors (Lipinski definition) is 3. The summed E-state index contributed by atoms with van der Waals surface area (Å²) in [5.41, 5.74) is 6.32. The minimum Gasteiger partial charge on any atom is -0.397 e. The van der Waals surface area contributed by atoms with Gasteiger partial charge in [0, 0.05) is 6.54 Å². The van der Waals surface area contributed by atoms with E-state index in [0.29, 0.717) is 12.2 Å². The number of hydrogen-bond acceptors (Lipinski definition) is 4. The Kier molecular flexibility index (Phi) is 4.67. The molecule has 22 heavy (non-hydrogen) atoms. The van der Waals surface area contributed by atoms with Crippen molar-refractivity contribution in [2.45, 2.75) is 16.7 Å². The summed E-state index contributed by atoms with van der Waals surface area (Å²) in [5, 5.41) is 5.09. The van der Waals surface area contributed by atoms with Gasteiger partial charge in [0.1, 0.15) is 0 Å². The molecule has 0 bridgehead atoms. The Morgan fingerprint density at radius 2 is 1.77 bits per heavy atom. The molecule has 6 nitrogen and oxygen atoms in total. The molecule has 0 aliphatic rings. The molecule has 4 N–H and O–H groups in total. The van der Waals surface area contributed by atoms with Crippen molar-refractivity contribution in [1.82, 2.24) is 5.32 Å². The minimum absolute atomic E-state index is 0.0692.